The Kier molecular flexibility index (Phi) is 6.47. The lowest BCUT2D eigenvalue weighted by atomic mass is 10.0. The Hall–Kier alpha value is -1.33. The Morgan fingerprint density at radius 2 is 2.21 bits per heavy atom. The molecule has 3 N–H and O–H groups in total. The fraction of sp³-hybridized carbons (Fsp3) is 0.467. The van der Waals surface area contributed by atoms with Gasteiger partial charge in [0.1, 0.15) is 11.4 Å². The molecule has 0 saturated carbocycles. The van der Waals surface area contributed by atoms with Crippen molar-refractivity contribution in [3.63, 3.8) is 0 Å². The van der Waals surface area contributed by atoms with Crippen molar-refractivity contribution in [2.75, 3.05) is 37.6 Å². The first kappa shape index (κ1) is 19.0. The predicted octanol–water partition coefficient (Wildman–Crippen LogP) is 1.70. The van der Waals surface area contributed by atoms with Gasteiger partial charge in [0.05, 0.1) is 12.8 Å². The van der Waals surface area contributed by atoms with Crippen LogP contribution in [0.3, 0.4) is 0 Å². The van der Waals surface area contributed by atoms with E-state index in [1.807, 2.05) is 16.5 Å². The summed E-state index contributed by atoms with van der Waals surface area (Å²) in [5.41, 5.74) is 4.92. The van der Waals surface area contributed by atoms with Crippen molar-refractivity contribution < 1.29 is 9.52 Å². The van der Waals surface area contributed by atoms with Crippen molar-refractivity contribution in [1.29, 1.82) is 0 Å². The van der Waals surface area contributed by atoms with E-state index in [1.165, 1.54) is 6.26 Å². The molecule has 0 spiro atoms. The van der Waals surface area contributed by atoms with Crippen LogP contribution >= 0.6 is 35.3 Å². The Morgan fingerprint density at radius 3 is 2.79 bits per heavy atom. The standard InChI is InChI=1S/C15H21N5O2S.HI/c1-15(21,12-3-2-9-22-12)11-18-13(16)19-5-7-20(8-6-19)14-17-4-10-23-14;/h2-4,9-10,21H,5-8,11H2,1H3,(H2,16,18);1H. The smallest absolute Gasteiger partial charge is 0.191 e. The highest BCUT2D eigenvalue weighted by molar-refractivity contribution is 14.0. The van der Waals surface area contributed by atoms with Crippen LogP contribution in [0.4, 0.5) is 5.13 Å². The molecule has 1 aliphatic rings. The van der Waals surface area contributed by atoms with Gasteiger partial charge in [-0.3, -0.25) is 0 Å². The van der Waals surface area contributed by atoms with Gasteiger partial charge < -0.3 is 25.1 Å². The summed E-state index contributed by atoms with van der Waals surface area (Å²) in [7, 11) is 0. The second-order valence-corrected chi connectivity index (χ2v) is 6.59. The number of aromatic nitrogens is 1. The summed E-state index contributed by atoms with van der Waals surface area (Å²) in [4.78, 5) is 12.9. The Labute approximate surface area is 162 Å². The molecule has 3 rings (SSSR count). The highest BCUT2D eigenvalue weighted by Crippen LogP contribution is 2.22. The summed E-state index contributed by atoms with van der Waals surface area (Å²) in [5, 5.41) is 13.4. The first-order valence-corrected chi connectivity index (χ1v) is 8.40. The summed E-state index contributed by atoms with van der Waals surface area (Å²) in [6.45, 7) is 5.13. The van der Waals surface area contributed by atoms with Gasteiger partial charge in [0, 0.05) is 37.8 Å². The molecule has 24 heavy (non-hydrogen) atoms. The Balaban J connectivity index is 0.00000208. The van der Waals surface area contributed by atoms with Crippen molar-refractivity contribution in [1.82, 2.24) is 9.88 Å². The maximum atomic E-state index is 10.4. The molecule has 1 fully saturated rings. The van der Waals surface area contributed by atoms with Crippen LogP contribution in [0.1, 0.15) is 12.7 Å². The summed E-state index contributed by atoms with van der Waals surface area (Å²) in [6.07, 6.45) is 3.35. The topological polar surface area (TPSA) is 91.1 Å². The number of furan rings is 1. The third-order valence-electron chi connectivity index (χ3n) is 3.89. The average Bonchev–Trinajstić information content (AvgIpc) is 3.26. The molecule has 0 radical (unpaired) electrons. The normalized spacial score (nSPS) is 18.2. The minimum absolute atomic E-state index is 0. The second-order valence-electron chi connectivity index (χ2n) is 5.71. The number of thiazole rings is 1. The molecule has 0 amide bonds. The van der Waals surface area contributed by atoms with Crippen LogP contribution in [0.2, 0.25) is 0 Å². The van der Waals surface area contributed by atoms with Crippen LogP contribution in [0, 0.1) is 0 Å². The lowest BCUT2D eigenvalue weighted by molar-refractivity contribution is 0.0435. The van der Waals surface area contributed by atoms with Crippen molar-refractivity contribution in [2.45, 2.75) is 12.5 Å². The molecule has 7 nitrogen and oxygen atoms in total. The summed E-state index contributed by atoms with van der Waals surface area (Å²) < 4.78 is 5.25. The van der Waals surface area contributed by atoms with E-state index in [2.05, 4.69) is 14.9 Å². The first-order valence-electron chi connectivity index (χ1n) is 7.52. The van der Waals surface area contributed by atoms with Crippen LogP contribution < -0.4 is 10.6 Å². The number of aliphatic imine (C=N–C) groups is 1. The minimum atomic E-state index is -1.16. The van der Waals surface area contributed by atoms with Crippen molar-refractivity contribution >= 4 is 46.4 Å². The van der Waals surface area contributed by atoms with Crippen LogP contribution in [0.15, 0.2) is 39.4 Å². The number of hydrogen-bond donors (Lipinski definition) is 2. The molecule has 0 bridgehead atoms. The molecule has 1 saturated heterocycles. The van der Waals surface area contributed by atoms with E-state index in [1.54, 1.807) is 30.4 Å². The fourth-order valence-electron chi connectivity index (χ4n) is 2.50. The van der Waals surface area contributed by atoms with E-state index in [-0.39, 0.29) is 30.5 Å². The molecule has 0 aromatic carbocycles. The van der Waals surface area contributed by atoms with Gasteiger partial charge in [-0.1, -0.05) is 0 Å². The summed E-state index contributed by atoms with van der Waals surface area (Å²) in [6, 6.07) is 3.48. The van der Waals surface area contributed by atoms with E-state index in [0.717, 1.165) is 31.3 Å². The predicted molar refractivity (Wildman–Crippen MR) is 106 cm³/mol. The van der Waals surface area contributed by atoms with Gasteiger partial charge in [0.25, 0.3) is 0 Å². The minimum Gasteiger partial charge on any atom is -0.466 e. The van der Waals surface area contributed by atoms with Crippen LogP contribution in [-0.4, -0.2) is 53.7 Å². The molecule has 9 heteroatoms. The average molecular weight is 463 g/mol. The van der Waals surface area contributed by atoms with E-state index >= 15 is 0 Å². The van der Waals surface area contributed by atoms with Gasteiger partial charge in [-0.15, -0.1) is 35.3 Å². The van der Waals surface area contributed by atoms with Gasteiger partial charge in [-0.05, 0) is 19.1 Å². The first-order chi connectivity index (χ1) is 11.1. The number of aliphatic hydroxyl groups is 1. The van der Waals surface area contributed by atoms with Gasteiger partial charge in [-0.2, -0.15) is 0 Å². The highest BCUT2D eigenvalue weighted by atomic mass is 127. The fourth-order valence-corrected chi connectivity index (χ4v) is 3.19. The van der Waals surface area contributed by atoms with Gasteiger partial charge in [-0.25, -0.2) is 9.98 Å². The van der Waals surface area contributed by atoms with E-state index in [9.17, 15) is 5.11 Å². The zero-order valence-electron chi connectivity index (χ0n) is 13.5. The Morgan fingerprint density at radius 1 is 1.46 bits per heavy atom. The molecule has 3 heterocycles. The molecule has 2 aromatic rings. The third kappa shape index (κ3) is 4.39. The Bertz CT molecular complexity index is 637. The third-order valence-corrected chi connectivity index (χ3v) is 4.73. The molecular formula is C15H22IN5O2S. The van der Waals surface area contributed by atoms with Crippen LogP contribution in [0.25, 0.3) is 0 Å². The molecule has 1 aliphatic heterocycles. The maximum absolute atomic E-state index is 10.4. The number of nitrogens with zero attached hydrogens (tertiary/aromatic N) is 4. The molecule has 2 aromatic heterocycles. The summed E-state index contributed by atoms with van der Waals surface area (Å²) >= 11 is 1.64. The second kappa shape index (κ2) is 8.17. The van der Waals surface area contributed by atoms with Gasteiger partial charge in [0.15, 0.2) is 11.1 Å². The lowest BCUT2D eigenvalue weighted by Gasteiger charge is -2.35. The number of rotatable bonds is 4. The largest absolute Gasteiger partial charge is 0.466 e. The number of piperazine rings is 1. The highest BCUT2D eigenvalue weighted by Gasteiger charge is 2.27. The number of anilines is 1. The zero-order chi connectivity index (χ0) is 16.3. The number of halogens is 1. The van der Waals surface area contributed by atoms with Crippen molar-refractivity contribution in [3.05, 3.63) is 35.7 Å². The van der Waals surface area contributed by atoms with Gasteiger partial charge >= 0.3 is 0 Å². The molecule has 132 valence electrons. The van der Waals surface area contributed by atoms with Gasteiger partial charge in [0.2, 0.25) is 0 Å². The molecule has 1 unspecified atom stereocenters. The molecular weight excluding hydrogens is 441 g/mol. The zero-order valence-corrected chi connectivity index (χ0v) is 16.6. The maximum Gasteiger partial charge on any atom is 0.191 e. The van der Waals surface area contributed by atoms with E-state index in [0.29, 0.717) is 11.7 Å². The number of nitrogens with two attached hydrogens (primary N) is 1. The van der Waals surface area contributed by atoms with E-state index < -0.39 is 5.60 Å². The lowest BCUT2D eigenvalue weighted by Crippen LogP contribution is -2.51. The van der Waals surface area contributed by atoms with Crippen LogP contribution in [0.5, 0.6) is 0 Å². The quantitative estimate of drug-likeness (QED) is 0.408. The molecule has 0 aliphatic carbocycles. The summed E-state index contributed by atoms with van der Waals surface area (Å²) in [5.74, 6) is 0.943. The monoisotopic (exact) mass is 463 g/mol. The van der Waals surface area contributed by atoms with Crippen LogP contribution in [-0.2, 0) is 5.60 Å². The van der Waals surface area contributed by atoms with Crippen molar-refractivity contribution in [2.24, 2.45) is 10.7 Å². The number of guanidine groups is 1. The van der Waals surface area contributed by atoms with Crippen molar-refractivity contribution in [3.8, 4) is 0 Å². The molecule has 1 atom stereocenters. The van der Waals surface area contributed by atoms with E-state index in [4.69, 9.17) is 10.2 Å². The number of hydrogen-bond acceptors (Lipinski definition) is 6. The SMILES string of the molecule is CC(O)(CN=C(N)N1CCN(c2nccs2)CC1)c1ccco1.I.